The summed E-state index contributed by atoms with van der Waals surface area (Å²) < 4.78 is 261. The first-order valence-electron chi connectivity index (χ1n) is 10.3. The van der Waals surface area contributed by atoms with Gasteiger partial charge in [0.1, 0.15) is 0 Å². The van der Waals surface area contributed by atoms with E-state index in [1.807, 2.05) is 0 Å². The van der Waals surface area contributed by atoms with Crippen LogP contribution in [-0.4, -0.2) is 96.8 Å². The predicted octanol–water partition coefficient (Wildman–Crippen LogP) is 6.72. The second-order valence-electron chi connectivity index (χ2n) is 7.98. The Labute approximate surface area is 214 Å². The summed E-state index contributed by atoms with van der Waals surface area (Å²) in [6.07, 6.45) is -13.8. The van der Waals surface area contributed by atoms with Gasteiger partial charge < -0.3 is 9.04 Å². The van der Waals surface area contributed by atoms with Crippen LogP contribution in [0, 0.1) is 0 Å². The fraction of sp³-hybridized carbons (Fsp3) is 1.00. The molecule has 0 amide bonds. The van der Waals surface area contributed by atoms with Crippen molar-refractivity contribution in [1.29, 1.82) is 0 Å². The van der Waals surface area contributed by atoms with Gasteiger partial charge in [0, 0.05) is 0 Å². The summed E-state index contributed by atoms with van der Waals surface area (Å²) >= 11 is 0. The maximum absolute atomic E-state index is 13.2. The lowest BCUT2D eigenvalue weighted by Gasteiger charge is -2.43. The molecule has 0 aromatic carbocycles. The quantitative estimate of drug-likeness (QED) is 0.133. The lowest BCUT2D eigenvalue weighted by molar-refractivity contribution is -0.921. The van der Waals surface area contributed by atoms with Crippen molar-refractivity contribution < 1.29 is 96.5 Å². The molecule has 0 radical (unpaired) electrons. The van der Waals surface area contributed by atoms with E-state index in [-0.39, 0.29) is 0 Å². The average Bonchev–Trinajstić information content (AvgIpc) is 2.78. The Morgan fingerprint density at radius 3 is 1.00 bits per heavy atom. The number of quaternary nitrogens is 1. The fourth-order valence-electron chi connectivity index (χ4n) is 2.85. The summed E-state index contributed by atoms with van der Waals surface area (Å²) in [6.45, 7) is 14.2. The summed E-state index contributed by atoms with van der Waals surface area (Å²) in [5.74, 6) is -52.1. The van der Waals surface area contributed by atoms with Gasteiger partial charge in [-0.2, -0.15) is 74.6 Å². The van der Waals surface area contributed by atoms with E-state index < -0.39 is 63.3 Å². The van der Waals surface area contributed by atoms with E-state index in [9.17, 15) is 92.0 Å². The summed E-state index contributed by atoms with van der Waals surface area (Å²) in [6, 6.07) is 0. The Hall–Kier alpha value is -1.39. The van der Waals surface area contributed by atoms with Crippen molar-refractivity contribution in [2.75, 3.05) is 26.2 Å². The Kier molecular flexibility index (Phi) is 11.9. The second-order valence-corrected chi connectivity index (χ2v) is 9.40. The monoisotopic (exact) mass is 661 g/mol. The SMILES string of the molecule is CC[N+](CC)(CC)CC.O=S(=O)([O-])C(F)(F)C(F)(F)C(F)(F)C(F)(F)C(F)(F)C(F)(F)C(F)(F)C(F)C(F)(F)F. The topological polar surface area (TPSA) is 57.2 Å². The highest BCUT2D eigenvalue weighted by molar-refractivity contribution is 7.86. The third kappa shape index (κ3) is 6.33. The largest absolute Gasteiger partial charge is 0.743 e. The number of alkyl halides is 18. The molecule has 0 rings (SSSR count). The van der Waals surface area contributed by atoms with Gasteiger partial charge in [0.15, 0.2) is 10.1 Å². The highest BCUT2D eigenvalue weighted by Crippen LogP contribution is 2.63. The predicted molar refractivity (Wildman–Crippen MR) is 97.7 cm³/mol. The van der Waals surface area contributed by atoms with Gasteiger partial charge in [-0.3, -0.25) is 0 Å². The van der Waals surface area contributed by atoms with Crippen molar-refractivity contribution in [3.8, 4) is 0 Å². The third-order valence-electron chi connectivity index (χ3n) is 5.96. The van der Waals surface area contributed by atoms with Crippen molar-refractivity contribution in [3.63, 3.8) is 0 Å². The fourth-order valence-corrected chi connectivity index (χ4v) is 3.29. The van der Waals surface area contributed by atoms with E-state index in [0.29, 0.717) is 0 Å². The smallest absolute Gasteiger partial charge is 0.425 e. The van der Waals surface area contributed by atoms with Crippen molar-refractivity contribution >= 4 is 10.1 Å². The number of halogens is 18. The van der Waals surface area contributed by atoms with Gasteiger partial charge in [0.25, 0.3) is 6.17 Å². The average molecular weight is 661 g/mol. The summed E-state index contributed by atoms with van der Waals surface area (Å²) in [5, 5.41) is -7.99. The molecule has 0 saturated heterocycles. The minimum atomic E-state index is -8.96. The first-order chi connectivity index (χ1) is 17.1. The van der Waals surface area contributed by atoms with Crippen LogP contribution in [0.15, 0.2) is 0 Å². The van der Waals surface area contributed by atoms with Crippen LogP contribution in [0.2, 0.25) is 0 Å². The Morgan fingerprint density at radius 1 is 0.550 bits per heavy atom. The Morgan fingerprint density at radius 2 is 0.800 bits per heavy atom. The van der Waals surface area contributed by atoms with Gasteiger partial charge in [-0.05, 0) is 27.7 Å². The van der Waals surface area contributed by atoms with E-state index in [2.05, 4.69) is 27.7 Å². The van der Waals surface area contributed by atoms with Crippen LogP contribution in [0.4, 0.5) is 79.0 Å². The summed E-state index contributed by atoms with van der Waals surface area (Å²) in [7, 11) is -8.18. The van der Waals surface area contributed by atoms with E-state index in [4.69, 9.17) is 0 Å². The molecule has 0 spiro atoms. The van der Waals surface area contributed by atoms with Crippen molar-refractivity contribution in [2.24, 2.45) is 0 Å². The highest BCUT2D eigenvalue weighted by Gasteiger charge is 2.94. The molecule has 0 aliphatic carbocycles. The molecule has 40 heavy (non-hydrogen) atoms. The molecule has 0 aliphatic rings. The molecule has 1 unspecified atom stereocenters. The lowest BCUT2D eigenvalue weighted by Crippen LogP contribution is -2.74. The molecule has 0 heterocycles. The van der Waals surface area contributed by atoms with Crippen LogP contribution in [0.1, 0.15) is 27.7 Å². The van der Waals surface area contributed by atoms with Crippen molar-refractivity contribution in [1.82, 2.24) is 0 Å². The van der Waals surface area contributed by atoms with Crippen molar-refractivity contribution in [3.05, 3.63) is 0 Å². The maximum Gasteiger partial charge on any atom is 0.425 e. The first-order valence-corrected chi connectivity index (χ1v) is 11.7. The molecule has 0 saturated carbocycles. The molecule has 0 N–H and O–H groups in total. The number of hydrogen-bond donors (Lipinski definition) is 0. The number of nitrogens with zero attached hydrogens (tertiary/aromatic N) is 1. The second kappa shape index (κ2) is 11.7. The minimum absolute atomic E-state index is 1.28. The molecule has 23 heteroatoms. The summed E-state index contributed by atoms with van der Waals surface area (Å²) in [4.78, 5) is 0. The van der Waals surface area contributed by atoms with E-state index in [1.165, 1.54) is 30.7 Å². The Bertz CT molecular complexity index is 926. The van der Waals surface area contributed by atoms with E-state index in [0.717, 1.165) is 0 Å². The normalized spacial score (nSPS) is 16.4. The van der Waals surface area contributed by atoms with Gasteiger partial charge in [-0.1, -0.05) is 0 Å². The number of hydrogen-bond acceptors (Lipinski definition) is 3. The zero-order chi connectivity index (χ0) is 33.4. The molecule has 0 aromatic rings. The van der Waals surface area contributed by atoms with Crippen LogP contribution in [0.5, 0.6) is 0 Å². The van der Waals surface area contributed by atoms with E-state index >= 15 is 0 Å². The minimum Gasteiger partial charge on any atom is -0.743 e. The van der Waals surface area contributed by atoms with E-state index in [1.54, 1.807) is 0 Å². The molecule has 0 aliphatic heterocycles. The highest BCUT2D eigenvalue weighted by atomic mass is 32.2. The first kappa shape index (κ1) is 40.7. The van der Waals surface area contributed by atoms with Gasteiger partial charge in [-0.15, -0.1) is 0 Å². The van der Waals surface area contributed by atoms with Crippen LogP contribution in [0.3, 0.4) is 0 Å². The molecule has 0 aromatic heterocycles. The van der Waals surface area contributed by atoms with Crippen LogP contribution in [0.25, 0.3) is 0 Å². The van der Waals surface area contributed by atoms with Crippen LogP contribution in [-0.2, 0) is 10.1 Å². The molecular formula is C17H21F18NO3S. The third-order valence-corrected chi connectivity index (χ3v) is 6.85. The molecular weight excluding hydrogens is 640 g/mol. The molecule has 1 atom stereocenters. The zero-order valence-electron chi connectivity index (χ0n) is 20.3. The molecule has 244 valence electrons. The lowest BCUT2D eigenvalue weighted by atomic mass is 9.89. The standard InChI is InChI=1S/C9H2F18O3S.C8H20N/c10-1(3(13,14)15)2(11,12)4(16,17)5(18,19)6(20,21)7(22,23)8(24,25)9(26,27)31(28,29)30;1-5-9(6-2,7-3)8-4/h1H,(H,28,29,30);5-8H2,1-4H3/q;+1/p-1. The molecule has 0 bridgehead atoms. The molecule has 0 fully saturated rings. The van der Waals surface area contributed by atoms with Gasteiger partial charge in [0.05, 0.1) is 26.2 Å². The van der Waals surface area contributed by atoms with Crippen LogP contribution < -0.4 is 0 Å². The van der Waals surface area contributed by atoms with Gasteiger partial charge in [-0.25, -0.2) is 12.8 Å². The number of rotatable bonds is 12. The van der Waals surface area contributed by atoms with Crippen molar-refractivity contribution in [2.45, 2.75) is 80.8 Å². The zero-order valence-corrected chi connectivity index (χ0v) is 21.1. The van der Waals surface area contributed by atoms with Gasteiger partial charge in [0.2, 0.25) is 0 Å². The Balaban J connectivity index is 0. The molecule has 4 nitrogen and oxygen atoms in total. The van der Waals surface area contributed by atoms with Crippen LogP contribution >= 0.6 is 0 Å². The van der Waals surface area contributed by atoms with Gasteiger partial charge >= 0.3 is 47.0 Å². The summed E-state index contributed by atoms with van der Waals surface area (Å²) in [5.41, 5.74) is 0. The maximum atomic E-state index is 13.2.